The van der Waals surface area contributed by atoms with Crippen LogP contribution in [0, 0.1) is 22.9 Å². The van der Waals surface area contributed by atoms with Gasteiger partial charge in [0, 0.05) is 37.3 Å². The smallest absolute Gasteiger partial charge is 0.355 e. The second kappa shape index (κ2) is 10.3. The second-order valence-electron chi connectivity index (χ2n) is 7.84. The highest BCUT2D eigenvalue weighted by atomic mass is 35.5. The van der Waals surface area contributed by atoms with Crippen LogP contribution in [0.4, 0.5) is 24.8 Å². The molecule has 0 bridgehead atoms. The molecule has 0 atom stereocenters. The minimum Gasteiger partial charge on any atom is -0.379 e. The van der Waals surface area contributed by atoms with E-state index in [-0.39, 0.29) is 28.1 Å². The Morgan fingerprint density at radius 3 is 2.59 bits per heavy atom. The maximum atomic E-state index is 14.5. The molecule has 4 rings (SSSR count). The highest BCUT2D eigenvalue weighted by Crippen LogP contribution is 2.29. The van der Waals surface area contributed by atoms with Crippen molar-refractivity contribution in [1.82, 2.24) is 29.2 Å². The molecule has 15 heteroatoms. The third kappa shape index (κ3) is 5.38. The fourth-order valence-corrected chi connectivity index (χ4v) is 3.68. The summed E-state index contributed by atoms with van der Waals surface area (Å²) >= 11 is 6.36. The molecule has 0 spiro atoms. The van der Waals surface area contributed by atoms with Gasteiger partial charge in [0.25, 0.3) is 0 Å². The maximum Gasteiger partial charge on any atom is 0.355 e. The van der Waals surface area contributed by atoms with Crippen molar-refractivity contribution in [3.05, 3.63) is 79.5 Å². The Kier molecular flexibility index (Phi) is 7.11. The van der Waals surface area contributed by atoms with Gasteiger partial charge in [0.15, 0.2) is 11.6 Å². The molecular formula is C22H19ClF3N9O2. The largest absolute Gasteiger partial charge is 0.379 e. The number of aliphatic imine (C=N–C) groups is 1. The monoisotopic (exact) mass is 533 g/mol. The molecule has 2 heterocycles. The number of rotatable bonds is 7. The Morgan fingerprint density at radius 1 is 1.14 bits per heavy atom. The SMILES string of the molecule is CN/C=N\C(=N)Cn1c(=O)nc(Nc2cc3cn(C)nc3cc2Cl)n(Cc2cc(F)c(F)cc2F)c1=O. The molecule has 0 unspecified atom stereocenters. The Hall–Kier alpha value is -4.46. The number of fused-ring (bicyclic) bond motifs is 1. The number of anilines is 2. The van der Waals surface area contributed by atoms with Gasteiger partial charge in [-0.3, -0.25) is 14.7 Å². The van der Waals surface area contributed by atoms with Crippen LogP contribution in [0.25, 0.3) is 10.9 Å². The molecule has 0 aliphatic carbocycles. The van der Waals surface area contributed by atoms with E-state index in [4.69, 9.17) is 17.0 Å². The van der Waals surface area contributed by atoms with Gasteiger partial charge in [-0.2, -0.15) is 10.1 Å². The Labute approximate surface area is 211 Å². The van der Waals surface area contributed by atoms with Crippen LogP contribution in [0.2, 0.25) is 5.02 Å². The average molecular weight is 534 g/mol. The lowest BCUT2D eigenvalue weighted by atomic mass is 10.2. The number of nitrogens with one attached hydrogen (secondary N) is 3. The van der Waals surface area contributed by atoms with Crippen molar-refractivity contribution in [2.24, 2.45) is 12.0 Å². The van der Waals surface area contributed by atoms with Crippen molar-refractivity contribution in [3.63, 3.8) is 0 Å². The molecule has 0 saturated carbocycles. The van der Waals surface area contributed by atoms with Crippen LogP contribution >= 0.6 is 11.6 Å². The number of benzene rings is 2. The zero-order chi connectivity index (χ0) is 26.9. The molecule has 2 aromatic heterocycles. The molecule has 11 nitrogen and oxygen atoms in total. The fourth-order valence-electron chi connectivity index (χ4n) is 3.48. The summed E-state index contributed by atoms with van der Waals surface area (Å²) in [6, 6.07) is 4.11. The lowest BCUT2D eigenvalue weighted by Gasteiger charge is -2.16. The van der Waals surface area contributed by atoms with Crippen LogP contribution in [0.3, 0.4) is 0 Å². The standard InChI is InChI=1S/C22H19ClF3N9O2/c1-28-10-29-19(27)9-35-21(36)31-20(30-18-4-12-7-33(2)32-17(12)5-13(18)23)34(22(35)37)8-11-3-15(25)16(26)6-14(11)24/h3-7,10H,8-9H2,1-2H3,(H2,27,28,29)(H,30,31,36). The van der Waals surface area contributed by atoms with Gasteiger partial charge in [-0.1, -0.05) is 11.6 Å². The minimum atomic E-state index is -1.40. The van der Waals surface area contributed by atoms with Crippen LogP contribution in [0.1, 0.15) is 5.56 Å². The summed E-state index contributed by atoms with van der Waals surface area (Å²) in [5, 5.41) is 18.3. The van der Waals surface area contributed by atoms with Crippen molar-refractivity contribution < 1.29 is 13.2 Å². The fraction of sp³-hybridized carbons (Fsp3) is 0.182. The molecule has 0 amide bonds. The number of halogens is 4. The zero-order valence-corrected chi connectivity index (χ0v) is 20.1. The van der Waals surface area contributed by atoms with Crippen molar-refractivity contribution >= 4 is 46.3 Å². The van der Waals surface area contributed by atoms with E-state index in [0.717, 1.165) is 4.57 Å². The first-order valence-electron chi connectivity index (χ1n) is 10.6. The summed E-state index contributed by atoms with van der Waals surface area (Å²) in [6.45, 7) is -1.18. The predicted octanol–water partition coefficient (Wildman–Crippen LogP) is 2.38. The number of hydrogen-bond acceptors (Lipinski definition) is 6. The summed E-state index contributed by atoms with van der Waals surface area (Å²) in [4.78, 5) is 33.7. The summed E-state index contributed by atoms with van der Waals surface area (Å²) in [6.07, 6.45) is 2.89. The van der Waals surface area contributed by atoms with E-state index < -0.39 is 41.9 Å². The summed E-state index contributed by atoms with van der Waals surface area (Å²) in [5.41, 5.74) is -1.58. The van der Waals surface area contributed by atoms with Gasteiger partial charge < -0.3 is 10.6 Å². The predicted molar refractivity (Wildman–Crippen MR) is 132 cm³/mol. The van der Waals surface area contributed by atoms with Gasteiger partial charge in [0.2, 0.25) is 5.95 Å². The summed E-state index contributed by atoms with van der Waals surface area (Å²) in [5.74, 6) is -4.54. The normalized spacial score (nSPS) is 11.4. The van der Waals surface area contributed by atoms with E-state index in [0.29, 0.717) is 27.6 Å². The zero-order valence-electron chi connectivity index (χ0n) is 19.4. The van der Waals surface area contributed by atoms with Crippen LogP contribution in [-0.2, 0) is 20.1 Å². The molecule has 2 aromatic carbocycles. The van der Waals surface area contributed by atoms with Crippen LogP contribution in [0.15, 0.2) is 45.0 Å². The van der Waals surface area contributed by atoms with E-state index >= 15 is 0 Å². The Balaban J connectivity index is 1.85. The van der Waals surface area contributed by atoms with Crippen molar-refractivity contribution in [3.8, 4) is 0 Å². The first-order valence-corrected chi connectivity index (χ1v) is 11.0. The topological polar surface area (TPSA) is 135 Å². The number of aromatic nitrogens is 5. The third-order valence-corrected chi connectivity index (χ3v) is 5.49. The molecular weight excluding hydrogens is 515 g/mol. The molecule has 0 aliphatic rings. The highest BCUT2D eigenvalue weighted by molar-refractivity contribution is 6.34. The molecule has 192 valence electrons. The molecule has 3 N–H and O–H groups in total. The van der Waals surface area contributed by atoms with Gasteiger partial charge in [0.1, 0.15) is 11.7 Å². The van der Waals surface area contributed by atoms with E-state index in [1.54, 1.807) is 37.1 Å². The van der Waals surface area contributed by atoms with Gasteiger partial charge >= 0.3 is 11.4 Å². The first kappa shape index (κ1) is 25.6. The molecule has 4 aromatic rings. The van der Waals surface area contributed by atoms with Crippen LogP contribution in [0.5, 0.6) is 0 Å². The van der Waals surface area contributed by atoms with Gasteiger partial charge in [-0.25, -0.2) is 32.3 Å². The van der Waals surface area contributed by atoms with Crippen LogP contribution < -0.4 is 22.0 Å². The Morgan fingerprint density at radius 2 is 1.86 bits per heavy atom. The Bertz CT molecular complexity index is 1680. The molecule has 0 saturated heterocycles. The number of amidine groups is 1. The first-order chi connectivity index (χ1) is 17.6. The molecule has 0 radical (unpaired) electrons. The quantitative estimate of drug-likeness (QED) is 0.190. The minimum absolute atomic E-state index is 0.179. The number of aryl methyl sites for hydroxylation is 1. The molecule has 37 heavy (non-hydrogen) atoms. The lowest BCUT2D eigenvalue weighted by Crippen LogP contribution is -2.44. The van der Waals surface area contributed by atoms with E-state index in [1.807, 2.05) is 0 Å². The maximum absolute atomic E-state index is 14.5. The molecule has 0 aliphatic heterocycles. The van der Waals surface area contributed by atoms with Crippen molar-refractivity contribution in [1.29, 1.82) is 5.41 Å². The van der Waals surface area contributed by atoms with Crippen molar-refractivity contribution in [2.45, 2.75) is 13.1 Å². The third-order valence-electron chi connectivity index (χ3n) is 5.18. The van der Waals surface area contributed by atoms with E-state index in [9.17, 15) is 22.8 Å². The van der Waals surface area contributed by atoms with Gasteiger partial charge in [-0.05, 0) is 18.2 Å². The van der Waals surface area contributed by atoms with Crippen LogP contribution in [-0.4, -0.2) is 43.1 Å². The second-order valence-corrected chi connectivity index (χ2v) is 8.25. The average Bonchev–Trinajstić information content (AvgIpc) is 3.19. The van der Waals surface area contributed by atoms with Crippen molar-refractivity contribution in [2.75, 3.05) is 12.4 Å². The highest BCUT2D eigenvalue weighted by Gasteiger charge is 2.19. The number of hydrogen-bond donors (Lipinski definition) is 3. The van der Waals surface area contributed by atoms with E-state index in [1.165, 1.54) is 6.34 Å². The number of nitrogens with zero attached hydrogens (tertiary/aromatic N) is 6. The van der Waals surface area contributed by atoms with Gasteiger partial charge in [-0.15, -0.1) is 0 Å². The van der Waals surface area contributed by atoms with Gasteiger partial charge in [0.05, 0.1) is 35.7 Å². The van der Waals surface area contributed by atoms with E-state index in [2.05, 4.69) is 25.7 Å². The summed E-state index contributed by atoms with van der Waals surface area (Å²) in [7, 11) is 3.26. The summed E-state index contributed by atoms with van der Waals surface area (Å²) < 4.78 is 44.8. The molecule has 0 fully saturated rings. The lowest BCUT2D eigenvalue weighted by molar-refractivity contribution is 0.486.